The van der Waals surface area contributed by atoms with Gasteiger partial charge in [0.25, 0.3) is 0 Å². The number of rotatable bonds is 9. The van der Waals surface area contributed by atoms with Gasteiger partial charge in [0.1, 0.15) is 6.54 Å². The quantitative estimate of drug-likeness (QED) is 0.412. The zero-order chi connectivity index (χ0) is 16.8. The summed E-state index contributed by atoms with van der Waals surface area (Å²) in [7, 11) is 0. The maximum atomic E-state index is 5.31. The number of benzene rings is 1. The molecule has 136 valence electrons. The van der Waals surface area contributed by atoms with Crippen molar-refractivity contribution in [1.29, 1.82) is 0 Å². The molecule has 0 atom stereocenters. The van der Waals surface area contributed by atoms with Crippen molar-refractivity contribution in [2.24, 2.45) is 11.5 Å². The summed E-state index contributed by atoms with van der Waals surface area (Å²) in [6.07, 6.45) is 4.54. The Morgan fingerprint density at radius 2 is 1.39 bits per heavy atom. The van der Waals surface area contributed by atoms with E-state index in [2.05, 4.69) is 58.0 Å². The normalized spacial score (nSPS) is 10.7. The highest BCUT2D eigenvalue weighted by atomic mass is 16.0. The van der Waals surface area contributed by atoms with Gasteiger partial charge in [-0.05, 0) is 27.2 Å². The molecule has 5 N–H and O–H groups in total. The molecule has 0 aliphatic rings. The van der Waals surface area contributed by atoms with E-state index in [4.69, 9.17) is 11.5 Å². The second-order valence-corrected chi connectivity index (χ2v) is 6.09. The van der Waals surface area contributed by atoms with Gasteiger partial charge in [0, 0.05) is 5.56 Å². The summed E-state index contributed by atoms with van der Waals surface area (Å²) in [6, 6.07) is 10.8. The Morgan fingerprint density at radius 3 is 1.78 bits per heavy atom. The van der Waals surface area contributed by atoms with E-state index in [0.717, 1.165) is 6.42 Å². The largest absolute Gasteiger partial charge is 0.870 e. The summed E-state index contributed by atoms with van der Waals surface area (Å²) in [4.78, 5) is 0. The van der Waals surface area contributed by atoms with Crippen molar-refractivity contribution in [2.45, 2.75) is 66.1 Å². The molecule has 4 heteroatoms. The molecule has 4 nitrogen and oxygen atoms in total. The first kappa shape index (κ1) is 24.3. The van der Waals surface area contributed by atoms with Crippen LogP contribution in [0.25, 0.3) is 0 Å². The highest BCUT2D eigenvalue weighted by Crippen LogP contribution is 2.13. The van der Waals surface area contributed by atoms with Gasteiger partial charge >= 0.3 is 0 Å². The van der Waals surface area contributed by atoms with E-state index < -0.39 is 0 Å². The molecule has 1 aromatic rings. The molecule has 0 heterocycles. The molecule has 0 bridgehead atoms. The molecule has 0 amide bonds. The molecule has 0 unspecified atom stereocenters. The van der Waals surface area contributed by atoms with Gasteiger partial charge in [0.2, 0.25) is 0 Å². The van der Waals surface area contributed by atoms with Gasteiger partial charge in [-0.15, -0.1) is 0 Å². The fourth-order valence-electron chi connectivity index (χ4n) is 2.61. The molecule has 0 aromatic heterocycles. The number of nitrogens with two attached hydrogens (primary N) is 2. The summed E-state index contributed by atoms with van der Waals surface area (Å²) in [5.74, 6) is 0. The SMILES string of the molecule is CCCCCC(N)N.CC[N+](CC)(CC)Cc1ccccc1.[OH-]. The second-order valence-electron chi connectivity index (χ2n) is 6.09. The third kappa shape index (κ3) is 11.3. The van der Waals surface area contributed by atoms with Crippen molar-refractivity contribution in [2.75, 3.05) is 19.6 Å². The molecule has 1 aromatic carbocycles. The van der Waals surface area contributed by atoms with Crippen LogP contribution in [0, 0.1) is 0 Å². The van der Waals surface area contributed by atoms with Crippen molar-refractivity contribution in [3.63, 3.8) is 0 Å². The molecule has 0 spiro atoms. The fourth-order valence-corrected chi connectivity index (χ4v) is 2.61. The number of nitrogens with zero attached hydrogens (tertiary/aromatic N) is 1. The monoisotopic (exact) mass is 325 g/mol. The van der Waals surface area contributed by atoms with Gasteiger partial charge in [-0.3, -0.25) is 0 Å². The van der Waals surface area contributed by atoms with Gasteiger partial charge in [-0.2, -0.15) is 0 Å². The van der Waals surface area contributed by atoms with Crippen molar-refractivity contribution in [3.05, 3.63) is 35.9 Å². The Labute approximate surface area is 143 Å². The van der Waals surface area contributed by atoms with E-state index >= 15 is 0 Å². The highest BCUT2D eigenvalue weighted by Gasteiger charge is 2.20. The number of hydrogen-bond acceptors (Lipinski definition) is 3. The van der Waals surface area contributed by atoms with Crippen LogP contribution in [0.5, 0.6) is 0 Å². The molecule has 0 aliphatic carbocycles. The zero-order valence-corrected chi connectivity index (χ0v) is 15.7. The van der Waals surface area contributed by atoms with Gasteiger partial charge < -0.3 is 21.4 Å². The van der Waals surface area contributed by atoms with Crippen molar-refractivity contribution >= 4 is 0 Å². The lowest BCUT2D eigenvalue weighted by Gasteiger charge is -2.35. The molecular weight excluding hydrogens is 286 g/mol. The Kier molecular flexibility index (Phi) is 15.5. The van der Waals surface area contributed by atoms with Gasteiger partial charge in [-0.1, -0.05) is 56.5 Å². The van der Waals surface area contributed by atoms with Crippen LogP contribution in [0.1, 0.15) is 58.9 Å². The van der Waals surface area contributed by atoms with Crippen LogP contribution in [-0.2, 0) is 6.54 Å². The fraction of sp³-hybridized carbons (Fsp3) is 0.684. The summed E-state index contributed by atoms with van der Waals surface area (Å²) in [5.41, 5.74) is 12.1. The first-order valence-corrected chi connectivity index (χ1v) is 8.93. The molecule has 0 saturated carbocycles. The van der Waals surface area contributed by atoms with Crippen LogP contribution in [0.2, 0.25) is 0 Å². The Balaban J connectivity index is 0. The first-order valence-electron chi connectivity index (χ1n) is 8.93. The first-order chi connectivity index (χ1) is 10.5. The van der Waals surface area contributed by atoms with Crippen LogP contribution in [-0.4, -0.2) is 35.8 Å². The minimum Gasteiger partial charge on any atom is -0.870 e. The standard InChI is InChI=1S/C13H22N.C6H16N2.H2O/c1-4-14(5-2,6-3)12-13-10-8-7-9-11-13;1-2-3-4-5-6(7)8;/h7-11H,4-6,12H2,1-3H3;6H,2-5,7-8H2,1H3;1H2/q+1;;/p-1. The molecule has 0 radical (unpaired) electrons. The minimum absolute atomic E-state index is 0. The van der Waals surface area contributed by atoms with Crippen molar-refractivity contribution in [1.82, 2.24) is 0 Å². The van der Waals surface area contributed by atoms with Crippen molar-refractivity contribution < 1.29 is 9.96 Å². The summed E-state index contributed by atoms with van der Waals surface area (Å²) in [6.45, 7) is 13.9. The average molecular weight is 326 g/mol. The predicted octanol–water partition coefficient (Wildman–Crippen LogP) is 3.70. The van der Waals surface area contributed by atoms with Gasteiger partial charge in [0.05, 0.1) is 25.8 Å². The molecular formula is C19H39N3O. The maximum Gasteiger partial charge on any atom is 0.104 e. The highest BCUT2D eigenvalue weighted by molar-refractivity contribution is 5.13. The Morgan fingerprint density at radius 1 is 0.870 bits per heavy atom. The summed E-state index contributed by atoms with van der Waals surface area (Å²) in [5, 5.41) is 0. The molecule has 0 saturated heterocycles. The lowest BCUT2D eigenvalue weighted by atomic mass is 10.2. The van der Waals surface area contributed by atoms with E-state index in [0.29, 0.717) is 0 Å². The van der Waals surface area contributed by atoms with Gasteiger partial charge in [-0.25, -0.2) is 0 Å². The lowest BCUT2D eigenvalue weighted by molar-refractivity contribution is -0.936. The zero-order valence-electron chi connectivity index (χ0n) is 15.7. The predicted molar refractivity (Wildman–Crippen MR) is 100 cm³/mol. The number of quaternary nitrogens is 1. The maximum absolute atomic E-state index is 5.31. The van der Waals surface area contributed by atoms with E-state index in [-0.39, 0.29) is 11.6 Å². The van der Waals surface area contributed by atoms with Crippen LogP contribution >= 0.6 is 0 Å². The topological polar surface area (TPSA) is 82.0 Å². The third-order valence-corrected chi connectivity index (χ3v) is 4.51. The lowest BCUT2D eigenvalue weighted by Crippen LogP contribution is -2.46. The molecule has 23 heavy (non-hydrogen) atoms. The Hall–Kier alpha value is -0.940. The smallest absolute Gasteiger partial charge is 0.104 e. The molecule has 0 aliphatic heterocycles. The van der Waals surface area contributed by atoms with Crippen LogP contribution < -0.4 is 11.5 Å². The number of unbranched alkanes of at least 4 members (excludes halogenated alkanes) is 2. The van der Waals surface area contributed by atoms with E-state index in [1.54, 1.807) is 0 Å². The molecule has 1 rings (SSSR count). The van der Waals surface area contributed by atoms with Crippen LogP contribution in [0.4, 0.5) is 0 Å². The van der Waals surface area contributed by atoms with Crippen LogP contribution in [0.15, 0.2) is 30.3 Å². The minimum atomic E-state index is -0.0958. The van der Waals surface area contributed by atoms with E-state index in [9.17, 15) is 0 Å². The molecule has 0 fully saturated rings. The second kappa shape index (κ2) is 14.6. The summed E-state index contributed by atoms with van der Waals surface area (Å²) >= 11 is 0. The number of hydrogen-bond donors (Lipinski definition) is 2. The summed E-state index contributed by atoms with van der Waals surface area (Å²) < 4.78 is 1.20. The van der Waals surface area contributed by atoms with E-state index in [1.165, 1.54) is 55.5 Å². The van der Waals surface area contributed by atoms with Crippen molar-refractivity contribution in [3.8, 4) is 0 Å². The average Bonchev–Trinajstić information content (AvgIpc) is 2.54. The Bertz CT molecular complexity index is 343. The third-order valence-electron chi connectivity index (χ3n) is 4.51. The van der Waals surface area contributed by atoms with E-state index in [1.807, 2.05) is 0 Å². The van der Waals surface area contributed by atoms with Crippen LogP contribution in [0.3, 0.4) is 0 Å². The van der Waals surface area contributed by atoms with Gasteiger partial charge in [0.15, 0.2) is 0 Å².